The molecule has 1 heterocycles. The summed E-state index contributed by atoms with van der Waals surface area (Å²) in [6, 6.07) is 6.44. The lowest BCUT2D eigenvalue weighted by molar-refractivity contribution is -0.0300. The Hall–Kier alpha value is -1.40. The number of carbonyl (C=O) groups is 1. The van der Waals surface area contributed by atoms with Crippen molar-refractivity contribution < 1.29 is 22.7 Å². The van der Waals surface area contributed by atoms with Gasteiger partial charge in [-0.1, -0.05) is 12.1 Å². The predicted molar refractivity (Wildman–Crippen MR) is 78.9 cm³/mol. The van der Waals surface area contributed by atoms with Crippen LogP contribution in [0.4, 0.5) is 0 Å². The molecule has 1 aliphatic rings. The smallest absolute Gasteiger partial charge is 0.338 e. The first-order valence-corrected chi connectivity index (χ1v) is 9.05. The van der Waals surface area contributed by atoms with Crippen molar-refractivity contribution in [3.8, 4) is 0 Å². The molecule has 116 valence electrons. The molecule has 1 fully saturated rings. The van der Waals surface area contributed by atoms with Crippen LogP contribution in [0.1, 0.15) is 35.2 Å². The molecule has 5 nitrogen and oxygen atoms in total. The van der Waals surface area contributed by atoms with Crippen LogP contribution in [0, 0.1) is 0 Å². The van der Waals surface area contributed by atoms with Crippen LogP contribution >= 0.6 is 0 Å². The van der Waals surface area contributed by atoms with Crippen molar-refractivity contribution in [1.82, 2.24) is 0 Å². The molecule has 0 aromatic heterocycles. The first-order chi connectivity index (χ1) is 9.94. The van der Waals surface area contributed by atoms with Crippen molar-refractivity contribution in [1.29, 1.82) is 0 Å². The summed E-state index contributed by atoms with van der Waals surface area (Å²) in [6.07, 6.45) is 4.25. The maximum absolute atomic E-state index is 11.9. The van der Waals surface area contributed by atoms with Gasteiger partial charge in [-0.2, -0.15) is 0 Å². The Bertz CT molecular complexity index is 571. The molecule has 2 rings (SSSR count). The summed E-state index contributed by atoms with van der Waals surface area (Å²) in [5.74, 6) is -0.437. The maximum Gasteiger partial charge on any atom is 0.338 e. The van der Waals surface area contributed by atoms with Crippen LogP contribution in [0.2, 0.25) is 0 Å². The van der Waals surface area contributed by atoms with E-state index in [-0.39, 0.29) is 18.5 Å². The third kappa shape index (κ3) is 5.47. The number of ether oxygens (including phenoxy) is 2. The van der Waals surface area contributed by atoms with E-state index < -0.39 is 15.8 Å². The van der Waals surface area contributed by atoms with Gasteiger partial charge in [-0.25, -0.2) is 13.2 Å². The molecule has 1 saturated heterocycles. The fourth-order valence-corrected chi connectivity index (χ4v) is 3.03. The second-order valence-corrected chi connectivity index (χ2v) is 7.49. The minimum atomic E-state index is -3.07. The van der Waals surface area contributed by atoms with Crippen molar-refractivity contribution in [3.05, 3.63) is 35.4 Å². The van der Waals surface area contributed by atoms with Gasteiger partial charge in [-0.05, 0) is 37.0 Å². The molecule has 1 aliphatic heterocycles. The maximum atomic E-state index is 11.9. The molecule has 0 aliphatic carbocycles. The van der Waals surface area contributed by atoms with Crippen molar-refractivity contribution >= 4 is 15.8 Å². The van der Waals surface area contributed by atoms with Crippen LogP contribution in [-0.4, -0.2) is 40.0 Å². The Morgan fingerprint density at radius 1 is 1.29 bits per heavy atom. The summed E-state index contributed by atoms with van der Waals surface area (Å²) < 4.78 is 33.1. The number of esters is 1. The van der Waals surface area contributed by atoms with E-state index in [9.17, 15) is 13.2 Å². The summed E-state index contributed by atoms with van der Waals surface area (Å²) in [5, 5.41) is 0. The number of carbonyl (C=O) groups excluding carboxylic acids is 1. The minimum absolute atomic E-state index is 0.00722. The number of benzene rings is 1. The number of rotatable bonds is 5. The number of sulfone groups is 1. The van der Waals surface area contributed by atoms with Crippen molar-refractivity contribution in [2.24, 2.45) is 0 Å². The molecule has 6 heteroatoms. The van der Waals surface area contributed by atoms with Gasteiger partial charge in [-0.3, -0.25) is 0 Å². The minimum Gasteiger partial charge on any atom is -0.459 e. The van der Waals surface area contributed by atoms with E-state index in [2.05, 4.69) is 0 Å². The van der Waals surface area contributed by atoms with E-state index in [1.165, 1.54) is 6.26 Å². The van der Waals surface area contributed by atoms with Crippen molar-refractivity contribution in [2.75, 3.05) is 19.5 Å². The van der Waals surface area contributed by atoms with Gasteiger partial charge in [0.05, 0.1) is 17.4 Å². The lowest BCUT2D eigenvalue weighted by atomic mass is 10.1. The lowest BCUT2D eigenvalue weighted by Crippen LogP contribution is -2.25. The SMILES string of the molecule is CS(=O)(=O)Cc1ccc(C(=O)OCC2CCCCO2)cc1. The zero-order valence-corrected chi connectivity index (χ0v) is 12.9. The van der Waals surface area contributed by atoms with Crippen molar-refractivity contribution in [3.63, 3.8) is 0 Å². The predicted octanol–water partition coefficient (Wildman–Crippen LogP) is 1.96. The van der Waals surface area contributed by atoms with Gasteiger partial charge in [0, 0.05) is 12.9 Å². The molecule has 0 amide bonds. The molecule has 1 atom stereocenters. The third-order valence-electron chi connectivity index (χ3n) is 3.29. The standard InChI is InChI=1S/C15H20O5S/c1-21(17,18)11-12-5-7-13(8-6-12)15(16)20-10-14-4-2-3-9-19-14/h5-8,14H,2-4,9-11H2,1H3. The molecule has 0 bridgehead atoms. The van der Waals surface area contributed by atoms with E-state index >= 15 is 0 Å². The highest BCUT2D eigenvalue weighted by Crippen LogP contribution is 2.14. The molecule has 1 unspecified atom stereocenters. The van der Waals surface area contributed by atoms with Crippen LogP contribution in [-0.2, 0) is 25.1 Å². The Balaban J connectivity index is 1.87. The summed E-state index contributed by atoms with van der Waals surface area (Å²) in [7, 11) is -3.07. The van der Waals surface area contributed by atoms with Gasteiger partial charge in [0.15, 0.2) is 9.84 Å². The first-order valence-electron chi connectivity index (χ1n) is 6.99. The van der Waals surface area contributed by atoms with Gasteiger partial charge in [0.2, 0.25) is 0 Å². The monoisotopic (exact) mass is 312 g/mol. The molecule has 0 saturated carbocycles. The second kappa shape index (κ2) is 7.04. The van der Waals surface area contributed by atoms with Crippen LogP contribution in [0.3, 0.4) is 0 Å². The molecule has 0 radical (unpaired) electrons. The van der Waals surface area contributed by atoms with Gasteiger partial charge in [0.25, 0.3) is 0 Å². The Kier molecular flexibility index (Phi) is 5.36. The normalized spacial score (nSPS) is 19.2. The number of hydrogen-bond acceptors (Lipinski definition) is 5. The van der Waals surface area contributed by atoms with Crippen molar-refractivity contribution in [2.45, 2.75) is 31.1 Å². The zero-order chi connectivity index (χ0) is 15.3. The highest BCUT2D eigenvalue weighted by molar-refractivity contribution is 7.89. The summed E-state index contributed by atoms with van der Waals surface area (Å²) in [5.41, 5.74) is 1.08. The van der Waals surface area contributed by atoms with Crippen LogP contribution in [0.15, 0.2) is 24.3 Å². The van der Waals surface area contributed by atoms with E-state index in [1.807, 2.05) is 0 Å². The Morgan fingerprint density at radius 2 is 2.00 bits per heavy atom. The lowest BCUT2D eigenvalue weighted by Gasteiger charge is -2.22. The molecule has 0 N–H and O–H groups in total. The highest BCUT2D eigenvalue weighted by Gasteiger charge is 2.16. The molecule has 1 aromatic rings. The molecular formula is C15H20O5S. The average Bonchev–Trinajstić information content (AvgIpc) is 2.45. The van der Waals surface area contributed by atoms with E-state index in [4.69, 9.17) is 9.47 Å². The van der Waals surface area contributed by atoms with Gasteiger partial charge in [0.1, 0.15) is 6.61 Å². The van der Waals surface area contributed by atoms with Gasteiger partial charge in [-0.15, -0.1) is 0 Å². The molecule has 1 aromatic carbocycles. The molecule has 21 heavy (non-hydrogen) atoms. The fraction of sp³-hybridized carbons (Fsp3) is 0.533. The Morgan fingerprint density at radius 3 is 2.57 bits per heavy atom. The molecular weight excluding hydrogens is 292 g/mol. The van der Waals surface area contributed by atoms with Gasteiger partial charge < -0.3 is 9.47 Å². The zero-order valence-electron chi connectivity index (χ0n) is 12.1. The van der Waals surface area contributed by atoms with E-state index in [0.29, 0.717) is 11.1 Å². The van der Waals surface area contributed by atoms with Crippen LogP contribution < -0.4 is 0 Å². The third-order valence-corrected chi connectivity index (χ3v) is 4.15. The first kappa shape index (κ1) is 16.0. The second-order valence-electron chi connectivity index (χ2n) is 5.35. The summed E-state index contributed by atoms with van der Waals surface area (Å²) in [4.78, 5) is 11.9. The molecule has 0 spiro atoms. The van der Waals surface area contributed by atoms with Crippen LogP contribution in [0.5, 0.6) is 0 Å². The van der Waals surface area contributed by atoms with Crippen LogP contribution in [0.25, 0.3) is 0 Å². The number of hydrogen-bond donors (Lipinski definition) is 0. The summed E-state index contributed by atoms with van der Waals surface area (Å²) >= 11 is 0. The van der Waals surface area contributed by atoms with Gasteiger partial charge >= 0.3 is 5.97 Å². The largest absolute Gasteiger partial charge is 0.459 e. The Labute approximate surface area is 125 Å². The highest BCUT2D eigenvalue weighted by atomic mass is 32.2. The van der Waals surface area contributed by atoms with E-state index in [0.717, 1.165) is 25.9 Å². The quantitative estimate of drug-likeness (QED) is 0.777. The fourth-order valence-electron chi connectivity index (χ4n) is 2.23. The summed E-state index contributed by atoms with van der Waals surface area (Å²) in [6.45, 7) is 0.992. The van der Waals surface area contributed by atoms with E-state index in [1.54, 1.807) is 24.3 Å². The topological polar surface area (TPSA) is 69.7 Å². The average molecular weight is 312 g/mol.